The predicted molar refractivity (Wildman–Crippen MR) is 73.7 cm³/mol. The van der Waals surface area contributed by atoms with E-state index in [1.165, 1.54) is 0 Å². The van der Waals surface area contributed by atoms with Crippen molar-refractivity contribution in [2.75, 3.05) is 7.05 Å². The van der Waals surface area contributed by atoms with E-state index in [4.69, 9.17) is 0 Å². The molecule has 0 radical (unpaired) electrons. The zero-order valence-electron chi connectivity index (χ0n) is 8.80. The van der Waals surface area contributed by atoms with Crippen molar-refractivity contribution < 1.29 is 0 Å². The highest BCUT2D eigenvalue weighted by Gasteiger charge is 2.08. The van der Waals surface area contributed by atoms with Crippen LogP contribution in [0.4, 0.5) is 0 Å². The van der Waals surface area contributed by atoms with Gasteiger partial charge in [0.05, 0.1) is 5.71 Å². The van der Waals surface area contributed by atoms with Crippen molar-refractivity contribution in [3.63, 3.8) is 0 Å². The first-order chi connectivity index (χ1) is 7.20. The lowest BCUT2D eigenvalue weighted by Gasteiger charge is -2.06. The molecule has 0 saturated carbocycles. The van der Waals surface area contributed by atoms with Gasteiger partial charge in [0.2, 0.25) is 0 Å². The standard InChI is InChI=1S/C12H13Br2N/c1-3-4-8-11(15-2)12-9(13)6-5-7-10(12)14/h4-8H,3H2,1-2H3/b8-4-,15-11?. The molecule has 0 fully saturated rings. The van der Waals surface area contributed by atoms with E-state index in [-0.39, 0.29) is 0 Å². The lowest BCUT2D eigenvalue weighted by Crippen LogP contribution is -1.99. The van der Waals surface area contributed by atoms with Crippen molar-refractivity contribution in [2.24, 2.45) is 4.99 Å². The molecule has 0 aromatic heterocycles. The molecule has 0 aliphatic carbocycles. The molecule has 1 nitrogen and oxygen atoms in total. The summed E-state index contributed by atoms with van der Waals surface area (Å²) in [5, 5.41) is 0. The number of aliphatic imine (C=N–C) groups is 1. The molecule has 0 aliphatic heterocycles. The number of benzene rings is 1. The third-order valence-corrected chi connectivity index (χ3v) is 3.29. The second kappa shape index (κ2) is 6.23. The fourth-order valence-corrected chi connectivity index (χ4v) is 2.65. The third-order valence-electron chi connectivity index (χ3n) is 1.97. The van der Waals surface area contributed by atoms with Crippen molar-refractivity contribution in [1.29, 1.82) is 0 Å². The summed E-state index contributed by atoms with van der Waals surface area (Å²) >= 11 is 7.07. The van der Waals surface area contributed by atoms with Crippen LogP contribution in [0.2, 0.25) is 0 Å². The van der Waals surface area contributed by atoms with Crippen LogP contribution in [-0.2, 0) is 0 Å². The number of nitrogens with zero attached hydrogens (tertiary/aromatic N) is 1. The largest absolute Gasteiger partial charge is 0.288 e. The first-order valence-corrected chi connectivity index (χ1v) is 6.37. The molecule has 0 heterocycles. The Morgan fingerprint density at radius 2 is 1.93 bits per heavy atom. The van der Waals surface area contributed by atoms with Crippen molar-refractivity contribution in [3.05, 3.63) is 44.9 Å². The molecule has 15 heavy (non-hydrogen) atoms. The molecule has 0 atom stereocenters. The minimum atomic E-state index is 0.983. The zero-order valence-corrected chi connectivity index (χ0v) is 12.0. The van der Waals surface area contributed by atoms with E-state index < -0.39 is 0 Å². The maximum atomic E-state index is 4.29. The van der Waals surface area contributed by atoms with Gasteiger partial charge >= 0.3 is 0 Å². The van der Waals surface area contributed by atoms with Gasteiger partial charge in [-0.1, -0.05) is 50.9 Å². The molecule has 0 N–H and O–H groups in total. The van der Waals surface area contributed by atoms with Crippen LogP contribution < -0.4 is 0 Å². The number of hydrogen-bond acceptors (Lipinski definition) is 1. The third kappa shape index (κ3) is 3.28. The minimum absolute atomic E-state index is 0.983. The molecular weight excluding hydrogens is 318 g/mol. The first kappa shape index (κ1) is 12.7. The molecule has 0 aliphatic rings. The topological polar surface area (TPSA) is 12.4 Å². The summed E-state index contributed by atoms with van der Waals surface area (Å²) in [6.07, 6.45) is 5.17. The fraction of sp³-hybridized carbons (Fsp3) is 0.250. The summed E-state index contributed by atoms with van der Waals surface area (Å²) in [4.78, 5) is 4.29. The van der Waals surface area contributed by atoms with Crippen LogP contribution in [0.25, 0.3) is 0 Å². The van der Waals surface area contributed by atoms with Gasteiger partial charge in [-0.15, -0.1) is 0 Å². The Bertz CT molecular complexity index is 374. The van der Waals surface area contributed by atoms with Gasteiger partial charge in [0.15, 0.2) is 0 Å². The van der Waals surface area contributed by atoms with E-state index in [1.807, 2.05) is 24.3 Å². The highest BCUT2D eigenvalue weighted by atomic mass is 79.9. The fourth-order valence-electron chi connectivity index (χ4n) is 1.24. The van der Waals surface area contributed by atoms with E-state index >= 15 is 0 Å². The lowest BCUT2D eigenvalue weighted by atomic mass is 10.1. The molecule has 1 rings (SSSR count). The normalized spacial score (nSPS) is 12.4. The highest BCUT2D eigenvalue weighted by molar-refractivity contribution is 9.11. The second-order valence-corrected chi connectivity index (χ2v) is 4.72. The maximum Gasteiger partial charge on any atom is 0.0662 e. The van der Waals surface area contributed by atoms with Gasteiger partial charge in [-0.25, -0.2) is 0 Å². The highest BCUT2D eigenvalue weighted by Crippen LogP contribution is 2.26. The van der Waals surface area contributed by atoms with Crippen LogP contribution >= 0.6 is 31.9 Å². The van der Waals surface area contributed by atoms with E-state index in [9.17, 15) is 0 Å². The Morgan fingerprint density at radius 1 is 1.33 bits per heavy atom. The van der Waals surface area contributed by atoms with E-state index in [1.54, 1.807) is 7.05 Å². The molecule has 80 valence electrons. The monoisotopic (exact) mass is 329 g/mol. The minimum Gasteiger partial charge on any atom is -0.288 e. The number of halogens is 2. The predicted octanol–water partition coefficient (Wildman–Crippen LogP) is 4.60. The summed E-state index contributed by atoms with van der Waals surface area (Å²) in [6.45, 7) is 2.11. The van der Waals surface area contributed by atoms with Crippen LogP contribution in [0.3, 0.4) is 0 Å². The second-order valence-electron chi connectivity index (χ2n) is 3.02. The Labute approximate surface area is 108 Å². The molecule has 0 amide bonds. The first-order valence-electron chi connectivity index (χ1n) is 4.78. The van der Waals surface area contributed by atoms with Crippen LogP contribution in [0.15, 0.2) is 44.3 Å². The summed E-state index contributed by atoms with van der Waals surface area (Å²) in [7, 11) is 1.81. The Hall–Kier alpha value is -0.410. The molecule has 0 unspecified atom stereocenters. The average Bonchev–Trinajstić information content (AvgIpc) is 2.22. The van der Waals surface area contributed by atoms with Crippen molar-refractivity contribution in [1.82, 2.24) is 0 Å². The summed E-state index contributed by atoms with van der Waals surface area (Å²) in [5.41, 5.74) is 2.08. The van der Waals surface area contributed by atoms with Gasteiger partial charge in [-0.2, -0.15) is 0 Å². The molecule has 1 aromatic carbocycles. The van der Waals surface area contributed by atoms with E-state index in [0.29, 0.717) is 0 Å². The lowest BCUT2D eigenvalue weighted by molar-refractivity contribution is 1.22. The van der Waals surface area contributed by atoms with Crippen LogP contribution in [0.1, 0.15) is 18.9 Å². The van der Waals surface area contributed by atoms with Crippen LogP contribution in [0, 0.1) is 0 Å². The van der Waals surface area contributed by atoms with Crippen molar-refractivity contribution in [2.45, 2.75) is 13.3 Å². The van der Waals surface area contributed by atoms with Gasteiger partial charge < -0.3 is 0 Å². The van der Waals surface area contributed by atoms with E-state index in [2.05, 4.69) is 49.9 Å². The van der Waals surface area contributed by atoms with Gasteiger partial charge in [-0.3, -0.25) is 4.99 Å². The molecule has 3 heteroatoms. The van der Waals surface area contributed by atoms with Gasteiger partial charge in [0.25, 0.3) is 0 Å². The quantitative estimate of drug-likeness (QED) is 0.718. The van der Waals surface area contributed by atoms with Crippen LogP contribution in [0.5, 0.6) is 0 Å². The van der Waals surface area contributed by atoms with Crippen LogP contribution in [-0.4, -0.2) is 12.8 Å². The van der Waals surface area contributed by atoms with Crippen molar-refractivity contribution in [3.8, 4) is 0 Å². The molecular formula is C12H13Br2N. The van der Waals surface area contributed by atoms with Gasteiger partial charge in [0, 0.05) is 21.6 Å². The summed E-state index contributed by atoms with van der Waals surface area (Å²) in [6, 6.07) is 6.03. The molecule has 0 spiro atoms. The Morgan fingerprint density at radius 3 is 2.40 bits per heavy atom. The molecule has 1 aromatic rings. The maximum absolute atomic E-state index is 4.29. The average molecular weight is 331 g/mol. The van der Waals surface area contributed by atoms with Gasteiger partial charge in [-0.05, 0) is 24.6 Å². The number of rotatable bonds is 3. The number of hydrogen-bond donors (Lipinski definition) is 0. The summed E-state index contributed by atoms with van der Waals surface area (Å²) < 4.78 is 2.11. The number of allylic oxidation sites excluding steroid dienone is 2. The Balaban J connectivity index is 3.19. The smallest absolute Gasteiger partial charge is 0.0662 e. The van der Waals surface area contributed by atoms with Gasteiger partial charge in [0.1, 0.15) is 0 Å². The zero-order chi connectivity index (χ0) is 11.3. The summed E-state index contributed by atoms with van der Waals surface area (Å²) in [5.74, 6) is 0. The van der Waals surface area contributed by atoms with E-state index in [0.717, 1.165) is 26.6 Å². The SMILES string of the molecule is CC/C=C\C(=NC)c1c(Br)cccc1Br. The molecule has 0 bridgehead atoms. The molecule has 0 saturated heterocycles. The van der Waals surface area contributed by atoms with Crippen molar-refractivity contribution >= 4 is 37.6 Å². The Kier molecular flexibility index (Phi) is 5.26.